The Bertz CT molecular complexity index is 346. The van der Waals surface area contributed by atoms with Crippen LogP contribution in [0.4, 0.5) is 0 Å². The standard InChI is InChI=1S/C22H40O2/c1-20-16-17-22(24)19-21(20)15-13-11-9-7-5-3-2-4-6-8-10-12-14-18-23/h19-20,23H,2-18H2,1H3. The van der Waals surface area contributed by atoms with Crippen molar-refractivity contribution < 1.29 is 9.90 Å². The molecule has 1 atom stereocenters. The molecule has 2 nitrogen and oxygen atoms in total. The van der Waals surface area contributed by atoms with Gasteiger partial charge in [-0.2, -0.15) is 0 Å². The van der Waals surface area contributed by atoms with Crippen LogP contribution in [0, 0.1) is 5.92 Å². The van der Waals surface area contributed by atoms with E-state index in [9.17, 15) is 4.79 Å². The highest BCUT2D eigenvalue weighted by Crippen LogP contribution is 2.26. The summed E-state index contributed by atoms with van der Waals surface area (Å²) in [5.74, 6) is 0.975. The third-order valence-electron chi connectivity index (χ3n) is 5.43. The van der Waals surface area contributed by atoms with Crippen molar-refractivity contribution in [1.82, 2.24) is 0 Å². The largest absolute Gasteiger partial charge is 0.396 e. The number of carbonyl (C=O) groups is 1. The fourth-order valence-electron chi connectivity index (χ4n) is 3.67. The van der Waals surface area contributed by atoms with Gasteiger partial charge in [0.2, 0.25) is 0 Å². The van der Waals surface area contributed by atoms with Crippen molar-refractivity contribution >= 4 is 5.78 Å². The van der Waals surface area contributed by atoms with Gasteiger partial charge in [-0.25, -0.2) is 0 Å². The summed E-state index contributed by atoms with van der Waals surface area (Å²) in [6.45, 7) is 2.62. The van der Waals surface area contributed by atoms with Crippen LogP contribution in [0.1, 0.15) is 110 Å². The summed E-state index contributed by atoms with van der Waals surface area (Å²) in [7, 11) is 0. The highest BCUT2D eigenvalue weighted by Gasteiger charge is 2.16. The van der Waals surface area contributed by atoms with E-state index in [1.54, 1.807) is 0 Å². The Morgan fingerprint density at radius 3 is 1.79 bits per heavy atom. The summed E-state index contributed by atoms with van der Waals surface area (Å²) in [5, 5.41) is 8.72. The number of aliphatic hydroxyl groups is 1. The number of rotatable bonds is 15. The van der Waals surface area contributed by atoms with Gasteiger partial charge in [0.25, 0.3) is 0 Å². The number of aliphatic hydroxyl groups excluding tert-OH is 1. The van der Waals surface area contributed by atoms with Crippen LogP contribution in [-0.2, 0) is 4.79 Å². The lowest BCUT2D eigenvalue weighted by molar-refractivity contribution is -0.115. The second-order valence-electron chi connectivity index (χ2n) is 7.70. The lowest BCUT2D eigenvalue weighted by Gasteiger charge is -2.19. The summed E-state index contributed by atoms with van der Waals surface area (Å²) in [5.41, 5.74) is 1.41. The van der Waals surface area contributed by atoms with Crippen LogP contribution in [0.3, 0.4) is 0 Å². The highest BCUT2D eigenvalue weighted by atomic mass is 16.2. The quantitative estimate of drug-likeness (QED) is 0.353. The second kappa shape index (κ2) is 14.7. The Balaban J connectivity index is 1.82. The number of hydrogen-bond donors (Lipinski definition) is 1. The van der Waals surface area contributed by atoms with Gasteiger partial charge in [-0.3, -0.25) is 4.79 Å². The average Bonchev–Trinajstić information content (AvgIpc) is 2.58. The molecule has 1 N–H and O–H groups in total. The number of allylic oxidation sites excluding steroid dienone is 2. The van der Waals surface area contributed by atoms with Crippen LogP contribution in [0.15, 0.2) is 11.6 Å². The molecule has 0 aromatic heterocycles. The van der Waals surface area contributed by atoms with Crippen LogP contribution in [0.25, 0.3) is 0 Å². The normalized spacial score (nSPS) is 18.0. The van der Waals surface area contributed by atoms with Crippen molar-refractivity contribution in [2.45, 2.75) is 110 Å². The fraction of sp³-hybridized carbons (Fsp3) is 0.864. The molecule has 0 radical (unpaired) electrons. The van der Waals surface area contributed by atoms with Crippen molar-refractivity contribution in [3.05, 3.63) is 11.6 Å². The van der Waals surface area contributed by atoms with Crippen molar-refractivity contribution in [3.63, 3.8) is 0 Å². The molecule has 0 aromatic carbocycles. The Morgan fingerprint density at radius 1 is 0.833 bits per heavy atom. The lowest BCUT2D eigenvalue weighted by atomic mass is 9.85. The van der Waals surface area contributed by atoms with Gasteiger partial charge in [-0.05, 0) is 37.7 Å². The van der Waals surface area contributed by atoms with E-state index in [0.29, 0.717) is 18.3 Å². The summed E-state index contributed by atoms with van der Waals surface area (Å²) in [6, 6.07) is 0. The molecule has 0 bridgehead atoms. The molecule has 0 saturated heterocycles. The van der Waals surface area contributed by atoms with E-state index in [1.807, 2.05) is 6.08 Å². The predicted molar refractivity (Wildman–Crippen MR) is 103 cm³/mol. The zero-order valence-electron chi connectivity index (χ0n) is 16.0. The monoisotopic (exact) mass is 336 g/mol. The fourth-order valence-corrected chi connectivity index (χ4v) is 3.67. The Labute approximate surface area is 150 Å². The van der Waals surface area contributed by atoms with E-state index in [1.165, 1.54) is 82.6 Å². The molecule has 2 heteroatoms. The summed E-state index contributed by atoms with van der Waals surface area (Å²) in [6.07, 6.45) is 22.0. The molecule has 1 rings (SSSR count). The maximum Gasteiger partial charge on any atom is 0.155 e. The first kappa shape index (κ1) is 21.4. The molecule has 0 aliphatic heterocycles. The highest BCUT2D eigenvalue weighted by molar-refractivity contribution is 5.91. The van der Waals surface area contributed by atoms with Crippen molar-refractivity contribution in [3.8, 4) is 0 Å². The topological polar surface area (TPSA) is 37.3 Å². The minimum absolute atomic E-state index is 0.344. The molecule has 24 heavy (non-hydrogen) atoms. The van der Waals surface area contributed by atoms with E-state index in [0.717, 1.165) is 25.7 Å². The van der Waals surface area contributed by atoms with Crippen molar-refractivity contribution in [2.75, 3.05) is 6.61 Å². The van der Waals surface area contributed by atoms with E-state index in [4.69, 9.17) is 5.11 Å². The molecule has 1 aliphatic carbocycles. The van der Waals surface area contributed by atoms with Crippen LogP contribution < -0.4 is 0 Å². The number of carbonyl (C=O) groups excluding carboxylic acids is 1. The lowest BCUT2D eigenvalue weighted by Crippen LogP contribution is -2.11. The SMILES string of the molecule is CC1CCC(=O)C=C1CCCCCCCCCCCCCCCO. The predicted octanol–water partition coefficient (Wildman–Crippen LogP) is 6.37. The zero-order valence-corrected chi connectivity index (χ0v) is 16.0. The van der Waals surface area contributed by atoms with Gasteiger partial charge in [-0.15, -0.1) is 0 Å². The molecule has 0 amide bonds. The molecule has 0 fully saturated rings. The molecule has 1 aliphatic rings. The van der Waals surface area contributed by atoms with E-state index < -0.39 is 0 Å². The molecule has 0 heterocycles. The van der Waals surface area contributed by atoms with Gasteiger partial charge in [0.05, 0.1) is 0 Å². The molecule has 1 unspecified atom stereocenters. The molecule has 0 saturated carbocycles. The van der Waals surface area contributed by atoms with E-state index >= 15 is 0 Å². The average molecular weight is 337 g/mol. The third-order valence-corrected chi connectivity index (χ3v) is 5.43. The smallest absolute Gasteiger partial charge is 0.155 e. The maximum atomic E-state index is 11.5. The van der Waals surface area contributed by atoms with Crippen LogP contribution >= 0.6 is 0 Å². The molecular formula is C22H40O2. The molecule has 0 spiro atoms. The van der Waals surface area contributed by atoms with Gasteiger partial charge in [0.15, 0.2) is 5.78 Å². The van der Waals surface area contributed by atoms with Crippen LogP contribution in [-0.4, -0.2) is 17.5 Å². The van der Waals surface area contributed by atoms with Crippen molar-refractivity contribution in [1.29, 1.82) is 0 Å². The molecular weight excluding hydrogens is 296 g/mol. The summed E-state index contributed by atoms with van der Waals surface area (Å²) >= 11 is 0. The van der Waals surface area contributed by atoms with Crippen LogP contribution in [0.2, 0.25) is 0 Å². The number of unbranched alkanes of at least 4 members (excludes halogenated alkanes) is 12. The van der Waals surface area contributed by atoms with Crippen molar-refractivity contribution in [2.24, 2.45) is 5.92 Å². The first-order chi connectivity index (χ1) is 11.7. The summed E-state index contributed by atoms with van der Waals surface area (Å²) < 4.78 is 0. The van der Waals surface area contributed by atoms with Gasteiger partial charge < -0.3 is 5.11 Å². The van der Waals surface area contributed by atoms with E-state index in [2.05, 4.69) is 6.92 Å². The molecule has 0 aromatic rings. The van der Waals surface area contributed by atoms with Gasteiger partial charge >= 0.3 is 0 Å². The minimum atomic E-state index is 0.344. The minimum Gasteiger partial charge on any atom is -0.396 e. The van der Waals surface area contributed by atoms with Crippen LogP contribution in [0.5, 0.6) is 0 Å². The Hall–Kier alpha value is -0.630. The van der Waals surface area contributed by atoms with E-state index in [-0.39, 0.29) is 0 Å². The number of hydrogen-bond acceptors (Lipinski definition) is 2. The Kier molecular flexibility index (Phi) is 13.1. The Morgan fingerprint density at radius 2 is 1.29 bits per heavy atom. The van der Waals surface area contributed by atoms with Gasteiger partial charge in [0.1, 0.15) is 0 Å². The van der Waals surface area contributed by atoms with Gasteiger partial charge in [-0.1, -0.05) is 83.1 Å². The second-order valence-corrected chi connectivity index (χ2v) is 7.70. The maximum absolute atomic E-state index is 11.5. The van der Waals surface area contributed by atoms with Gasteiger partial charge in [0, 0.05) is 13.0 Å². The number of ketones is 1. The first-order valence-corrected chi connectivity index (χ1v) is 10.6. The first-order valence-electron chi connectivity index (χ1n) is 10.6. The summed E-state index contributed by atoms with van der Waals surface area (Å²) in [4.78, 5) is 11.5. The molecule has 140 valence electrons. The zero-order chi connectivity index (χ0) is 17.5. The third kappa shape index (κ3) is 11.0.